The third kappa shape index (κ3) is 1.86. The number of aromatic nitrogens is 1. The molecule has 0 aliphatic heterocycles. The van der Waals surface area contributed by atoms with Gasteiger partial charge in [-0.05, 0) is 18.6 Å². The van der Waals surface area contributed by atoms with Crippen molar-refractivity contribution < 1.29 is 18.3 Å². The SMILES string of the molecule is COc1c(C)cc(C(F)F)nc1C=O. The fourth-order valence-electron chi connectivity index (χ4n) is 1.17. The van der Waals surface area contributed by atoms with Crippen LogP contribution in [-0.2, 0) is 0 Å². The van der Waals surface area contributed by atoms with Gasteiger partial charge in [0.15, 0.2) is 12.0 Å². The second kappa shape index (κ2) is 4.13. The quantitative estimate of drug-likeness (QED) is 0.703. The van der Waals surface area contributed by atoms with Crippen molar-refractivity contribution in [3.63, 3.8) is 0 Å². The minimum atomic E-state index is -2.68. The lowest BCUT2D eigenvalue weighted by Crippen LogP contribution is -2.01. The molecule has 5 heteroatoms. The predicted octanol–water partition coefficient (Wildman–Crippen LogP) is 2.15. The lowest BCUT2D eigenvalue weighted by molar-refractivity contribution is 0.111. The fourth-order valence-corrected chi connectivity index (χ4v) is 1.17. The third-order valence-corrected chi connectivity index (χ3v) is 1.74. The van der Waals surface area contributed by atoms with Crippen LogP contribution in [0.5, 0.6) is 5.75 Å². The van der Waals surface area contributed by atoms with E-state index in [0.717, 1.165) is 0 Å². The first-order chi connectivity index (χ1) is 6.60. The summed E-state index contributed by atoms with van der Waals surface area (Å²) in [5, 5.41) is 0. The number of rotatable bonds is 3. The van der Waals surface area contributed by atoms with E-state index in [1.165, 1.54) is 13.2 Å². The summed E-state index contributed by atoms with van der Waals surface area (Å²) < 4.78 is 29.4. The Morgan fingerprint density at radius 3 is 2.64 bits per heavy atom. The Hall–Kier alpha value is -1.52. The summed E-state index contributed by atoms with van der Waals surface area (Å²) in [5.74, 6) is 0.240. The first-order valence-electron chi connectivity index (χ1n) is 3.89. The van der Waals surface area contributed by atoms with E-state index in [2.05, 4.69) is 4.98 Å². The number of carbonyl (C=O) groups excluding carboxylic acids is 1. The topological polar surface area (TPSA) is 39.2 Å². The molecular weight excluding hydrogens is 192 g/mol. The van der Waals surface area contributed by atoms with Crippen LogP contribution in [0, 0.1) is 6.92 Å². The number of nitrogens with zero attached hydrogens (tertiary/aromatic N) is 1. The van der Waals surface area contributed by atoms with Crippen LogP contribution in [0.15, 0.2) is 6.07 Å². The zero-order valence-electron chi connectivity index (χ0n) is 7.75. The zero-order chi connectivity index (χ0) is 10.7. The highest BCUT2D eigenvalue weighted by Crippen LogP contribution is 2.25. The number of carbonyl (C=O) groups is 1. The van der Waals surface area contributed by atoms with Crippen LogP contribution < -0.4 is 4.74 Å². The van der Waals surface area contributed by atoms with Crippen molar-refractivity contribution in [2.75, 3.05) is 7.11 Å². The van der Waals surface area contributed by atoms with Crippen molar-refractivity contribution in [1.29, 1.82) is 0 Å². The van der Waals surface area contributed by atoms with Gasteiger partial charge < -0.3 is 4.74 Å². The van der Waals surface area contributed by atoms with E-state index >= 15 is 0 Å². The standard InChI is InChI=1S/C9H9F2NO2/c1-5-3-6(9(10)11)12-7(4-13)8(5)14-2/h3-4,9H,1-2H3. The molecule has 0 saturated carbocycles. The van der Waals surface area contributed by atoms with E-state index in [9.17, 15) is 13.6 Å². The molecule has 0 saturated heterocycles. The molecule has 0 aliphatic rings. The molecule has 3 nitrogen and oxygen atoms in total. The molecule has 0 spiro atoms. The molecule has 1 aromatic heterocycles. The van der Waals surface area contributed by atoms with E-state index in [1.807, 2.05) is 0 Å². The van der Waals surface area contributed by atoms with Crippen molar-refractivity contribution in [3.8, 4) is 5.75 Å². The Morgan fingerprint density at radius 2 is 2.21 bits per heavy atom. The first kappa shape index (κ1) is 10.6. The Bertz CT molecular complexity index is 353. The number of aldehydes is 1. The molecule has 1 rings (SSSR count). The number of methoxy groups -OCH3 is 1. The molecule has 0 atom stereocenters. The summed E-state index contributed by atoms with van der Waals surface area (Å²) in [6, 6.07) is 1.20. The van der Waals surface area contributed by atoms with Gasteiger partial charge in [-0.15, -0.1) is 0 Å². The summed E-state index contributed by atoms with van der Waals surface area (Å²) in [5.41, 5.74) is -0.0342. The fraction of sp³-hybridized carbons (Fsp3) is 0.333. The maximum atomic E-state index is 12.3. The van der Waals surface area contributed by atoms with E-state index in [-0.39, 0.29) is 11.4 Å². The summed E-state index contributed by atoms with van der Waals surface area (Å²) in [7, 11) is 1.36. The normalized spacial score (nSPS) is 10.4. The van der Waals surface area contributed by atoms with Gasteiger partial charge in [0.05, 0.1) is 7.11 Å². The summed E-state index contributed by atoms with van der Waals surface area (Å²) in [6.45, 7) is 1.58. The molecule has 0 aliphatic carbocycles. The number of ether oxygens (including phenoxy) is 1. The van der Waals surface area contributed by atoms with Crippen LogP contribution >= 0.6 is 0 Å². The summed E-state index contributed by atoms with van der Waals surface area (Å²) in [4.78, 5) is 14.0. The Kier molecular flexibility index (Phi) is 3.11. The van der Waals surface area contributed by atoms with Crippen LogP contribution in [0.2, 0.25) is 0 Å². The lowest BCUT2D eigenvalue weighted by Gasteiger charge is -2.08. The maximum Gasteiger partial charge on any atom is 0.280 e. The van der Waals surface area contributed by atoms with Gasteiger partial charge in [0.1, 0.15) is 11.4 Å². The molecule has 0 N–H and O–H groups in total. The molecule has 0 aromatic carbocycles. The van der Waals surface area contributed by atoms with Crippen molar-refractivity contribution in [2.45, 2.75) is 13.3 Å². The number of alkyl halides is 2. The predicted molar refractivity (Wildman–Crippen MR) is 45.9 cm³/mol. The average molecular weight is 201 g/mol. The second-order valence-electron chi connectivity index (χ2n) is 2.70. The van der Waals surface area contributed by atoms with Gasteiger partial charge in [0.2, 0.25) is 0 Å². The minimum Gasteiger partial charge on any atom is -0.494 e. The number of hydrogen-bond donors (Lipinski definition) is 0. The second-order valence-corrected chi connectivity index (χ2v) is 2.70. The average Bonchev–Trinajstić information content (AvgIpc) is 2.16. The van der Waals surface area contributed by atoms with E-state index in [0.29, 0.717) is 11.8 Å². The van der Waals surface area contributed by atoms with Gasteiger partial charge in [-0.1, -0.05) is 0 Å². The van der Waals surface area contributed by atoms with Crippen LogP contribution in [0.4, 0.5) is 8.78 Å². The van der Waals surface area contributed by atoms with Gasteiger partial charge in [-0.3, -0.25) is 4.79 Å². The van der Waals surface area contributed by atoms with Gasteiger partial charge in [-0.2, -0.15) is 0 Å². The molecule has 0 bridgehead atoms. The highest BCUT2D eigenvalue weighted by Gasteiger charge is 2.15. The lowest BCUT2D eigenvalue weighted by atomic mass is 10.2. The van der Waals surface area contributed by atoms with Crippen LogP contribution in [0.1, 0.15) is 28.2 Å². The van der Waals surface area contributed by atoms with Gasteiger partial charge in [-0.25, -0.2) is 13.8 Å². The van der Waals surface area contributed by atoms with Crippen molar-refractivity contribution in [3.05, 3.63) is 23.0 Å². The van der Waals surface area contributed by atoms with Crippen LogP contribution in [0.25, 0.3) is 0 Å². The zero-order valence-corrected chi connectivity index (χ0v) is 7.75. The Balaban J connectivity index is 3.31. The molecule has 76 valence electrons. The maximum absolute atomic E-state index is 12.3. The number of aryl methyl sites for hydroxylation is 1. The summed E-state index contributed by atoms with van der Waals surface area (Å²) in [6.07, 6.45) is -2.28. The number of halogens is 2. The number of hydrogen-bond acceptors (Lipinski definition) is 3. The number of pyridine rings is 1. The molecular formula is C9H9F2NO2. The molecule has 0 radical (unpaired) electrons. The molecule has 1 heterocycles. The first-order valence-corrected chi connectivity index (χ1v) is 3.89. The van der Waals surface area contributed by atoms with Crippen LogP contribution in [0.3, 0.4) is 0 Å². The van der Waals surface area contributed by atoms with Crippen molar-refractivity contribution >= 4 is 6.29 Å². The van der Waals surface area contributed by atoms with Crippen molar-refractivity contribution in [2.24, 2.45) is 0 Å². The largest absolute Gasteiger partial charge is 0.494 e. The minimum absolute atomic E-state index is 0.0946. The smallest absolute Gasteiger partial charge is 0.280 e. The van der Waals surface area contributed by atoms with Gasteiger partial charge >= 0.3 is 0 Å². The van der Waals surface area contributed by atoms with E-state index in [4.69, 9.17) is 4.74 Å². The highest BCUT2D eigenvalue weighted by atomic mass is 19.3. The van der Waals surface area contributed by atoms with E-state index in [1.54, 1.807) is 6.92 Å². The van der Waals surface area contributed by atoms with Gasteiger partial charge in [0.25, 0.3) is 6.43 Å². The van der Waals surface area contributed by atoms with Crippen molar-refractivity contribution in [1.82, 2.24) is 4.98 Å². The Labute approximate surface area is 79.7 Å². The van der Waals surface area contributed by atoms with Gasteiger partial charge in [0, 0.05) is 0 Å². The monoisotopic (exact) mass is 201 g/mol. The van der Waals surface area contributed by atoms with Crippen LogP contribution in [-0.4, -0.2) is 18.4 Å². The summed E-state index contributed by atoms with van der Waals surface area (Å²) >= 11 is 0. The molecule has 1 aromatic rings. The highest BCUT2D eigenvalue weighted by molar-refractivity contribution is 5.77. The molecule has 0 unspecified atom stereocenters. The third-order valence-electron chi connectivity index (χ3n) is 1.74. The van der Waals surface area contributed by atoms with E-state index < -0.39 is 12.1 Å². The molecule has 0 fully saturated rings. The molecule has 14 heavy (non-hydrogen) atoms. The Morgan fingerprint density at radius 1 is 1.57 bits per heavy atom. The molecule has 0 amide bonds.